The predicted octanol–water partition coefficient (Wildman–Crippen LogP) is 6.67. The molecule has 53 heavy (non-hydrogen) atoms. The number of carbonyl (C=O) groups excluding carboxylic acids is 4. The number of benzene rings is 3. The fraction of sp³-hybridized carbons (Fsp3) is 0.400. The number of hydrogen-bond donors (Lipinski definition) is 3. The smallest absolute Gasteiger partial charge is 0.408 e. The Morgan fingerprint density at radius 1 is 0.830 bits per heavy atom. The summed E-state index contributed by atoms with van der Waals surface area (Å²) < 4.78 is 16.5. The Morgan fingerprint density at radius 2 is 1.47 bits per heavy atom. The van der Waals surface area contributed by atoms with Crippen molar-refractivity contribution < 1.29 is 33.4 Å². The Hall–Kier alpha value is -5.72. The number of nitrogen functional groups attached to an aromatic ring is 1. The molecule has 1 aliphatic rings. The average Bonchev–Trinajstić information content (AvgIpc) is 3.52. The van der Waals surface area contributed by atoms with Gasteiger partial charge in [-0.2, -0.15) is 0 Å². The number of hydrogen-bond acceptors (Lipinski definition) is 10. The van der Waals surface area contributed by atoms with Gasteiger partial charge in [0.05, 0.1) is 5.52 Å². The lowest BCUT2D eigenvalue weighted by Gasteiger charge is -2.23. The number of unbranched alkanes of at least 4 members (excludes halogenated alkanes) is 1. The van der Waals surface area contributed by atoms with E-state index in [0.717, 1.165) is 22.3 Å². The minimum atomic E-state index is -0.993. The maximum atomic E-state index is 13.8. The minimum absolute atomic E-state index is 0.00599. The lowest BCUT2D eigenvalue weighted by Crippen LogP contribution is -2.44. The number of esters is 1. The SMILES string of the molecule is CC(C)(C)OC(=O)NCCCC[C@H](NC(=O)OC(C)(C)C)C(=O)OCc1ccccc1-c1ccc2nc(N)nc(C(=O)N3Cc4ccccc4C3)c2c1. The number of anilines is 1. The second-order valence-electron chi connectivity index (χ2n) is 15.0. The summed E-state index contributed by atoms with van der Waals surface area (Å²) in [4.78, 5) is 62.5. The third-order valence-electron chi connectivity index (χ3n) is 8.31. The Bertz CT molecular complexity index is 1960. The third kappa shape index (κ3) is 10.7. The van der Waals surface area contributed by atoms with Crippen LogP contribution in [-0.2, 0) is 38.7 Å². The Kier molecular flexibility index (Phi) is 11.8. The highest BCUT2D eigenvalue weighted by Crippen LogP contribution is 2.31. The maximum Gasteiger partial charge on any atom is 0.408 e. The fourth-order valence-electron chi connectivity index (χ4n) is 5.96. The van der Waals surface area contributed by atoms with E-state index in [-0.39, 0.29) is 30.6 Å². The van der Waals surface area contributed by atoms with Gasteiger partial charge in [-0.25, -0.2) is 24.4 Å². The van der Waals surface area contributed by atoms with Crippen molar-refractivity contribution >= 4 is 40.9 Å². The van der Waals surface area contributed by atoms with Crippen molar-refractivity contribution in [1.29, 1.82) is 0 Å². The summed E-state index contributed by atoms with van der Waals surface area (Å²) in [5.41, 5.74) is 9.83. The van der Waals surface area contributed by atoms with Crippen molar-refractivity contribution in [2.24, 2.45) is 0 Å². The Balaban J connectivity index is 1.30. The van der Waals surface area contributed by atoms with Gasteiger partial charge in [0.1, 0.15) is 29.5 Å². The first-order valence-corrected chi connectivity index (χ1v) is 17.7. The monoisotopic (exact) mass is 724 g/mol. The molecule has 1 aromatic heterocycles. The van der Waals surface area contributed by atoms with Crippen LogP contribution in [0.3, 0.4) is 0 Å². The van der Waals surface area contributed by atoms with Gasteiger partial charge in [-0.05, 0) is 101 Å². The van der Waals surface area contributed by atoms with E-state index in [1.807, 2.05) is 60.7 Å². The largest absolute Gasteiger partial charge is 0.459 e. The molecule has 0 unspecified atom stereocenters. The number of carbonyl (C=O) groups is 4. The highest BCUT2D eigenvalue weighted by atomic mass is 16.6. The Labute approximate surface area is 309 Å². The first-order valence-electron chi connectivity index (χ1n) is 17.7. The van der Waals surface area contributed by atoms with Crippen LogP contribution >= 0.6 is 0 Å². The van der Waals surface area contributed by atoms with E-state index in [4.69, 9.17) is 19.9 Å². The standard InChI is InChI=1S/C40H48N6O7/c1-39(2,3)52-37(49)42-20-12-11-17-32(44-38(50)53-40(4,5)6)35(48)51-24-28-15-9-10-16-29(28)25-18-19-31-30(21-25)33(45-36(41)43-31)34(47)46-22-26-13-7-8-14-27(26)23-46/h7-10,13-16,18-19,21,32H,11-12,17,20,22-24H2,1-6H3,(H,42,49)(H,44,50)(H2,41,43,45)/t32-/m0/s1. The predicted molar refractivity (Wildman–Crippen MR) is 200 cm³/mol. The zero-order chi connectivity index (χ0) is 38.3. The highest BCUT2D eigenvalue weighted by Gasteiger charge is 2.28. The molecular formula is C40H48N6O7. The number of ether oxygens (including phenoxy) is 3. The van der Waals surface area contributed by atoms with Crippen molar-refractivity contribution in [3.63, 3.8) is 0 Å². The van der Waals surface area contributed by atoms with Gasteiger partial charge >= 0.3 is 18.2 Å². The van der Waals surface area contributed by atoms with Gasteiger partial charge in [0.25, 0.3) is 5.91 Å². The van der Waals surface area contributed by atoms with Crippen LogP contribution in [0, 0.1) is 0 Å². The molecule has 5 rings (SSSR count). The average molecular weight is 725 g/mol. The van der Waals surface area contributed by atoms with E-state index in [1.54, 1.807) is 52.5 Å². The van der Waals surface area contributed by atoms with Crippen molar-refractivity contribution in [1.82, 2.24) is 25.5 Å². The quantitative estimate of drug-likeness (QED) is 0.0861. The summed E-state index contributed by atoms with van der Waals surface area (Å²) in [7, 11) is 0. The highest BCUT2D eigenvalue weighted by molar-refractivity contribution is 6.06. The van der Waals surface area contributed by atoms with Gasteiger partial charge < -0.3 is 35.5 Å². The number of aromatic nitrogens is 2. The number of nitrogens with one attached hydrogen (secondary N) is 2. The van der Waals surface area contributed by atoms with Crippen LogP contribution in [0.15, 0.2) is 66.7 Å². The molecule has 0 spiro atoms. The van der Waals surface area contributed by atoms with Crippen LogP contribution in [0.4, 0.5) is 15.5 Å². The molecule has 4 aromatic rings. The topological polar surface area (TPSA) is 175 Å². The van der Waals surface area contributed by atoms with E-state index in [2.05, 4.69) is 20.6 Å². The van der Waals surface area contributed by atoms with Crippen molar-refractivity contribution in [3.05, 3.63) is 89.1 Å². The zero-order valence-corrected chi connectivity index (χ0v) is 31.2. The van der Waals surface area contributed by atoms with Crippen molar-refractivity contribution in [3.8, 4) is 11.1 Å². The molecule has 13 nitrogen and oxygen atoms in total. The molecular weight excluding hydrogens is 676 g/mol. The molecule has 0 aliphatic carbocycles. The molecule has 0 bridgehead atoms. The summed E-state index contributed by atoms with van der Waals surface area (Å²) >= 11 is 0. The maximum absolute atomic E-state index is 13.8. The number of fused-ring (bicyclic) bond motifs is 2. The summed E-state index contributed by atoms with van der Waals surface area (Å²) in [5.74, 6) is -0.872. The molecule has 2 heterocycles. The van der Waals surface area contributed by atoms with Crippen molar-refractivity contribution in [2.45, 2.75) is 97.7 Å². The molecule has 0 saturated heterocycles. The van der Waals surface area contributed by atoms with E-state index < -0.39 is 35.4 Å². The first-order chi connectivity index (χ1) is 25.1. The summed E-state index contributed by atoms with van der Waals surface area (Å²) in [5, 5.41) is 5.90. The molecule has 1 aliphatic heterocycles. The molecule has 3 aromatic carbocycles. The molecule has 3 amide bonds. The van der Waals surface area contributed by atoms with Crippen LogP contribution in [0.1, 0.15) is 88.0 Å². The summed E-state index contributed by atoms with van der Waals surface area (Å²) in [6, 6.07) is 19.9. The Morgan fingerprint density at radius 3 is 2.15 bits per heavy atom. The fourth-order valence-corrected chi connectivity index (χ4v) is 5.96. The number of alkyl carbamates (subject to hydrolysis) is 2. The molecule has 1 atom stereocenters. The third-order valence-corrected chi connectivity index (χ3v) is 8.31. The van der Waals surface area contributed by atoms with Gasteiger partial charge in [-0.1, -0.05) is 54.6 Å². The lowest BCUT2D eigenvalue weighted by atomic mass is 9.98. The van der Waals surface area contributed by atoms with Gasteiger partial charge in [0, 0.05) is 25.0 Å². The van der Waals surface area contributed by atoms with E-state index in [9.17, 15) is 19.2 Å². The summed E-state index contributed by atoms with van der Waals surface area (Å²) in [6.07, 6.45) is 0.0175. The molecule has 0 saturated carbocycles. The second-order valence-corrected chi connectivity index (χ2v) is 15.0. The van der Waals surface area contributed by atoms with Crippen molar-refractivity contribution in [2.75, 3.05) is 12.3 Å². The minimum Gasteiger partial charge on any atom is -0.459 e. The molecule has 13 heteroatoms. The normalized spacial score (nSPS) is 13.2. The van der Waals surface area contributed by atoms with Crippen LogP contribution in [0.2, 0.25) is 0 Å². The zero-order valence-electron chi connectivity index (χ0n) is 31.2. The number of nitrogens with two attached hydrogens (primary N) is 1. The van der Waals surface area contributed by atoms with Gasteiger partial charge in [-0.3, -0.25) is 4.79 Å². The molecule has 0 fully saturated rings. The van der Waals surface area contributed by atoms with Crippen LogP contribution in [0.5, 0.6) is 0 Å². The van der Waals surface area contributed by atoms with Gasteiger partial charge in [0.2, 0.25) is 5.95 Å². The number of rotatable bonds is 11. The molecule has 280 valence electrons. The van der Waals surface area contributed by atoms with Crippen LogP contribution in [-0.4, -0.2) is 62.7 Å². The van der Waals surface area contributed by atoms with Crippen LogP contribution < -0.4 is 16.4 Å². The van der Waals surface area contributed by atoms with E-state index in [0.29, 0.717) is 48.9 Å². The molecule has 4 N–H and O–H groups in total. The second kappa shape index (κ2) is 16.3. The lowest BCUT2D eigenvalue weighted by molar-refractivity contribution is -0.147. The van der Waals surface area contributed by atoms with E-state index in [1.165, 1.54) is 0 Å². The van der Waals surface area contributed by atoms with E-state index >= 15 is 0 Å². The van der Waals surface area contributed by atoms with Gasteiger partial charge in [-0.15, -0.1) is 0 Å². The first kappa shape index (κ1) is 38.5. The summed E-state index contributed by atoms with van der Waals surface area (Å²) in [6.45, 7) is 11.7. The number of nitrogens with zero attached hydrogens (tertiary/aromatic N) is 3. The number of amides is 3. The molecule has 0 radical (unpaired) electrons. The van der Waals surface area contributed by atoms with Crippen LogP contribution in [0.25, 0.3) is 22.0 Å². The van der Waals surface area contributed by atoms with Gasteiger partial charge in [0.15, 0.2) is 0 Å².